The minimum absolute atomic E-state index is 1.34. The fourth-order valence-electron chi connectivity index (χ4n) is 2.62. The summed E-state index contributed by atoms with van der Waals surface area (Å²) in [6, 6.07) is 15.4. The summed E-state index contributed by atoms with van der Waals surface area (Å²) in [7, 11) is 0. The molecule has 0 nitrogen and oxygen atoms in total. The van der Waals surface area contributed by atoms with Crippen molar-refractivity contribution in [2.45, 2.75) is 20.8 Å². The van der Waals surface area contributed by atoms with Gasteiger partial charge in [0.15, 0.2) is 0 Å². The SMILES string of the molecule is Cc1ccc2c(C)c3ccccc3cc2c1C. The number of fused-ring (bicyclic) bond motifs is 2. The molecule has 84 valence electrons. The fraction of sp³-hybridized carbons (Fsp3) is 0.176. The highest BCUT2D eigenvalue weighted by molar-refractivity contribution is 6.03. The molecule has 0 atom stereocenters. The number of aryl methyl sites for hydroxylation is 3. The van der Waals surface area contributed by atoms with E-state index < -0.39 is 0 Å². The van der Waals surface area contributed by atoms with Crippen LogP contribution in [0.2, 0.25) is 0 Å². The number of hydrogen-bond acceptors (Lipinski definition) is 0. The zero-order valence-electron chi connectivity index (χ0n) is 10.5. The van der Waals surface area contributed by atoms with Gasteiger partial charge < -0.3 is 0 Å². The first kappa shape index (κ1) is 10.3. The Morgan fingerprint density at radius 2 is 1.41 bits per heavy atom. The third-order valence-corrected chi connectivity index (χ3v) is 3.85. The lowest BCUT2D eigenvalue weighted by molar-refractivity contribution is 1.38. The summed E-state index contributed by atoms with van der Waals surface area (Å²) in [5.74, 6) is 0. The lowest BCUT2D eigenvalue weighted by atomic mass is 9.93. The lowest BCUT2D eigenvalue weighted by Gasteiger charge is -2.11. The van der Waals surface area contributed by atoms with Gasteiger partial charge in [-0.3, -0.25) is 0 Å². The van der Waals surface area contributed by atoms with Gasteiger partial charge in [0.2, 0.25) is 0 Å². The normalized spacial score (nSPS) is 11.2. The molecule has 0 spiro atoms. The number of rotatable bonds is 0. The topological polar surface area (TPSA) is 0 Å². The van der Waals surface area contributed by atoms with Gasteiger partial charge in [0.05, 0.1) is 0 Å². The van der Waals surface area contributed by atoms with Crippen molar-refractivity contribution in [1.82, 2.24) is 0 Å². The number of hydrogen-bond donors (Lipinski definition) is 0. The minimum Gasteiger partial charge on any atom is -0.0616 e. The van der Waals surface area contributed by atoms with Crippen molar-refractivity contribution in [3.8, 4) is 0 Å². The predicted molar refractivity (Wildman–Crippen MR) is 75.7 cm³/mol. The van der Waals surface area contributed by atoms with E-state index in [0.717, 1.165) is 0 Å². The van der Waals surface area contributed by atoms with Gasteiger partial charge in [-0.1, -0.05) is 36.4 Å². The Hall–Kier alpha value is -1.82. The van der Waals surface area contributed by atoms with Crippen molar-refractivity contribution in [3.63, 3.8) is 0 Å². The maximum atomic E-state index is 2.32. The number of benzene rings is 3. The molecule has 3 aromatic carbocycles. The highest BCUT2D eigenvalue weighted by Gasteiger charge is 2.06. The van der Waals surface area contributed by atoms with Crippen LogP contribution in [0, 0.1) is 20.8 Å². The van der Waals surface area contributed by atoms with Gasteiger partial charge >= 0.3 is 0 Å². The summed E-state index contributed by atoms with van der Waals surface area (Å²) < 4.78 is 0. The van der Waals surface area contributed by atoms with Crippen LogP contribution < -0.4 is 0 Å². The Kier molecular flexibility index (Phi) is 2.19. The van der Waals surface area contributed by atoms with Crippen LogP contribution in [-0.4, -0.2) is 0 Å². The molecule has 0 amide bonds. The van der Waals surface area contributed by atoms with Crippen molar-refractivity contribution in [1.29, 1.82) is 0 Å². The highest BCUT2D eigenvalue weighted by Crippen LogP contribution is 2.30. The van der Waals surface area contributed by atoms with Gasteiger partial charge in [0.1, 0.15) is 0 Å². The fourth-order valence-corrected chi connectivity index (χ4v) is 2.62. The van der Waals surface area contributed by atoms with Crippen molar-refractivity contribution in [2.75, 3.05) is 0 Å². The van der Waals surface area contributed by atoms with Crippen molar-refractivity contribution in [3.05, 3.63) is 59.2 Å². The molecule has 0 aromatic heterocycles. The molecule has 3 aromatic rings. The lowest BCUT2D eigenvalue weighted by Crippen LogP contribution is -1.88. The van der Waals surface area contributed by atoms with E-state index in [1.807, 2.05) is 0 Å². The van der Waals surface area contributed by atoms with E-state index in [-0.39, 0.29) is 0 Å². The van der Waals surface area contributed by atoms with Gasteiger partial charge in [-0.2, -0.15) is 0 Å². The van der Waals surface area contributed by atoms with E-state index in [1.165, 1.54) is 38.2 Å². The summed E-state index contributed by atoms with van der Waals surface area (Å²) in [5, 5.41) is 5.47. The largest absolute Gasteiger partial charge is 0.0616 e. The average Bonchev–Trinajstić information content (AvgIpc) is 2.35. The van der Waals surface area contributed by atoms with Crippen LogP contribution in [0.15, 0.2) is 42.5 Å². The molecular weight excluding hydrogens is 204 g/mol. The standard InChI is InChI=1S/C17H16/c1-11-8-9-16-13(3)15-7-5-4-6-14(15)10-17(16)12(11)2/h4-10H,1-3H3. The molecule has 0 heterocycles. The molecule has 0 saturated carbocycles. The Labute approximate surface area is 102 Å². The molecule has 0 fully saturated rings. The smallest absolute Gasteiger partial charge is 0.0143 e. The van der Waals surface area contributed by atoms with Crippen LogP contribution in [0.1, 0.15) is 16.7 Å². The predicted octanol–water partition coefficient (Wildman–Crippen LogP) is 4.92. The van der Waals surface area contributed by atoms with Crippen molar-refractivity contribution in [2.24, 2.45) is 0 Å². The molecule has 0 aliphatic heterocycles. The van der Waals surface area contributed by atoms with Gasteiger partial charge in [-0.15, -0.1) is 0 Å². The zero-order valence-corrected chi connectivity index (χ0v) is 10.5. The molecule has 0 N–H and O–H groups in total. The van der Waals surface area contributed by atoms with Gasteiger partial charge in [0.25, 0.3) is 0 Å². The Bertz CT molecular complexity index is 721. The van der Waals surface area contributed by atoms with E-state index in [1.54, 1.807) is 0 Å². The van der Waals surface area contributed by atoms with Crippen LogP contribution in [0.4, 0.5) is 0 Å². The van der Waals surface area contributed by atoms with E-state index in [0.29, 0.717) is 0 Å². The first-order valence-corrected chi connectivity index (χ1v) is 6.07. The molecule has 17 heavy (non-hydrogen) atoms. The molecular formula is C17H16. The average molecular weight is 220 g/mol. The van der Waals surface area contributed by atoms with Gasteiger partial charge in [-0.25, -0.2) is 0 Å². The van der Waals surface area contributed by atoms with Crippen LogP contribution in [0.3, 0.4) is 0 Å². The van der Waals surface area contributed by atoms with E-state index >= 15 is 0 Å². The summed E-state index contributed by atoms with van der Waals surface area (Å²) in [4.78, 5) is 0. The second kappa shape index (κ2) is 3.59. The van der Waals surface area contributed by atoms with Crippen LogP contribution in [0.25, 0.3) is 21.5 Å². The second-order valence-corrected chi connectivity index (χ2v) is 4.83. The van der Waals surface area contributed by atoms with Crippen molar-refractivity contribution >= 4 is 21.5 Å². The van der Waals surface area contributed by atoms with E-state index in [2.05, 4.69) is 63.2 Å². The molecule has 0 heteroatoms. The Morgan fingerprint density at radius 3 is 2.24 bits per heavy atom. The van der Waals surface area contributed by atoms with E-state index in [9.17, 15) is 0 Å². The summed E-state index contributed by atoms with van der Waals surface area (Å²) in [6.45, 7) is 6.62. The first-order valence-electron chi connectivity index (χ1n) is 6.07. The Morgan fingerprint density at radius 1 is 0.647 bits per heavy atom. The third-order valence-electron chi connectivity index (χ3n) is 3.85. The molecule has 0 saturated heterocycles. The minimum atomic E-state index is 1.34. The highest BCUT2D eigenvalue weighted by atomic mass is 14.1. The molecule has 3 rings (SSSR count). The maximum absolute atomic E-state index is 2.32. The van der Waals surface area contributed by atoms with Gasteiger partial charge in [0, 0.05) is 0 Å². The molecule has 0 radical (unpaired) electrons. The molecule has 0 aliphatic carbocycles. The van der Waals surface area contributed by atoms with Crippen molar-refractivity contribution < 1.29 is 0 Å². The van der Waals surface area contributed by atoms with E-state index in [4.69, 9.17) is 0 Å². The van der Waals surface area contributed by atoms with Crippen LogP contribution >= 0.6 is 0 Å². The Balaban J connectivity index is 2.59. The molecule has 0 unspecified atom stereocenters. The summed E-state index contributed by atoms with van der Waals surface area (Å²) in [6.07, 6.45) is 0. The second-order valence-electron chi connectivity index (χ2n) is 4.83. The molecule has 0 bridgehead atoms. The first-order chi connectivity index (χ1) is 8.18. The van der Waals surface area contributed by atoms with Crippen LogP contribution in [-0.2, 0) is 0 Å². The zero-order chi connectivity index (χ0) is 12.0. The monoisotopic (exact) mass is 220 g/mol. The maximum Gasteiger partial charge on any atom is -0.0143 e. The third kappa shape index (κ3) is 1.44. The van der Waals surface area contributed by atoms with Crippen LogP contribution in [0.5, 0.6) is 0 Å². The van der Waals surface area contributed by atoms with Gasteiger partial charge in [-0.05, 0) is 65.1 Å². The summed E-state index contributed by atoms with van der Waals surface area (Å²) >= 11 is 0. The quantitative estimate of drug-likeness (QED) is 0.472. The summed E-state index contributed by atoms with van der Waals surface area (Å²) in [5.41, 5.74) is 4.16. The molecule has 0 aliphatic rings.